The Hall–Kier alpha value is -1.55. The first-order valence-electron chi connectivity index (χ1n) is 7.17. The number of amidine groups is 1. The highest BCUT2D eigenvalue weighted by Crippen LogP contribution is 2.25. The first-order chi connectivity index (χ1) is 9.24. The number of nitrogens with one attached hydrogen (secondary N) is 1. The van der Waals surface area contributed by atoms with Crippen molar-refractivity contribution in [1.29, 1.82) is 5.41 Å². The van der Waals surface area contributed by atoms with Crippen LogP contribution in [0.3, 0.4) is 0 Å². The van der Waals surface area contributed by atoms with Crippen molar-refractivity contribution in [3.63, 3.8) is 0 Å². The van der Waals surface area contributed by atoms with E-state index in [0.29, 0.717) is 0 Å². The Morgan fingerprint density at radius 1 is 1.11 bits per heavy atom. The number of nitrogens with zero attached hydrogens (tertiary/aromatic N) is 2. The molecule has 3 N–H and O–H groups in total. The molecule has 3 rings (SSSR count). The lowest BCUT2D eigenvalue weighted by Crippen LogP contribution is -2.36. The molecule has 0 amide bonds. The standard InChI is InChI=1S/C15H22N4/c16-15(17)12-4-6-13(7-5-12)19-10-2-9-18-8-1-3-14(18)11-19/h4-7,14H,1-3,8-11H2,(H3,16,17). The van der Waals surface area contributed by atoms with Crippen LogP contribution in [0.2, 0.25) is 0 Å². The van der Waals surface area contributed by atoms with Gasteiger partial charge in [-0.3, -0.25) is 10.3 Å². The average molecular weight is 258 g/mol. The molecule has 102 valence electrons. The van der Waals surface area contributed by atoms with Gasteiger partial charge in [0.15, 0.2) is 0 Å². The topological polar surface area (TPSA) is 56.4 Å². The fraction of sp³-hybridized carbons (Fsp3) is 0.533. The maximum absolute atomic E-state index is 7.44. The highest BCUT2D eigenvalue weighted by atomic mass is 15.3. The molecule has 2 aliphatic heterocycles. The second-order valence-corrected chi connectivity index (χ2v) is 5.59. The highest BCUT2D eigenvalue weighted by Gasteiger charge is 2.28. The number of rotatable bonds is 2. The van der Waals surface area contributed by atoms with Gasteiger partial charge in [0, 0.05) is 36.9 Å². The molecule has 0 aliphatic carbocycles. The summed E-state index contributed by atoms with van der Waals surface area (Å²) in [6, 6.07) is 8.84. The Kier molecular flexibility index (Phi) is 3.42. The Labute approximate surface area is 114 Å². The summed E-state index contributed by atoms with van der Waals surface area (Å²) in [5.41, 5.74) is 7.57. The van der Waals surface area contributed by atoms with Gasteiger partial charge in [0.05, 0.1) is 0 Å². The summed E-state index contributed by atoms with van der Waals surface area (Å²) < 4.78 is 0. The van der Waals surface area contributed by atoms with Crippen LogP contribution in [-0.2, 0) is 0 Å². The zero-order valence-corrected chi connectivity index (χ0v) is 11.3. The van der Waals surface area contributed by atoms with Crippen LogP contribution < -0.4 is 10.6 Å². The molecule has 2 heterocycles. The van der Waals surface area contributed by atoms with Crippen LogP contribution in [0, 0.1) is 5.41 Å². The van der Waals surface area contributed by atoms with Crippen molar-refractivity contribution in [1.82, 2.24) is 4.90 Å². The molecular formula is C15H22N4. The number of benzene rings is 1. The molecule has 1 atom stereocenters. The molecule has 4 heteroatoms. The van der Waals surface area contributed by atoms with Crippen LogP contribution in [0.15, 0.2) is 24.3 Å². The predicted octanol–water partition coefficient (Wildman–Crippen LogP) is 1.65. The molecule has 0 spiro atoms. The minimum absolute atomic E-state index is 0.143. The van der Waals surface area contributed by atoms with E-state index in [9.17, 15) is 0 Å². The lowest BCUT2D eigenvalue weighted by Gasteiger charge is -2.27. The number of nitrogens with two attached hydrogens (primary N) is 1. The molecule has 0 radical (unpaired) electrons. The maximum atomic E-state index is 7.44. The average Bonchev–Trinajstić information content (AvgIpc) is 2.76. The fourth-order valence-corrected chi connectivity index (χ4v) is 3.29. The van der Waals surface area contributed by atoms with Gasteiger partial charge >= 0.3 is 0 Å². The number of hydrogen-bond donors (Lipinski definition) is 2. The summed E-state index contributed by atoms with van der Waals surface area (Å²) in [5.74, 6) is 0.143. The van der Waals surface area contributed by atoms with E-state index >= 15 is 0 Å². The molecule has 4 nitrogen and oxygen atoms in total. The SMILES string of the molecule is N=C(N)c1ccc(N2CCCN3CCCC3C2)cc1. The summed E-state index contributed by atoms with van der Waals surface area (Å²) in [6.07, 6.45) is 3.93. The zero-order chi connectivity index (χ0) is 13.2. The maximum Gasteiger partial charge on any atom is 0.122 e. The lowest BCUT2D eigenvalue weighted by atomic mass is 10.1. The smallest absolute Gasteiger partial charge is 0.122 e. The van der Waals surface area contributed by atoms with E-state index in [1.807, 2.05) is 12.1 Å². The molecule has 0 bridgehead atoms. The molecule has 0 saturated carbocycles. The zero-order valence-electron chi connectivity index (χ0n) is 11.3. The molecular weight excluding hydrogens is 236 g/mol. The van der Waals surface area contributed by atoms with E-state index in [1.54, 1.807) is 0 Å². The van der Waals surface area contributed by atoms with Crippen molar-refractivity contribution in [3.8, 4) is 0 Å². The van der Waals surface area contributed by atoms with Crippen molar-refractivity contribution >= 4 is 11.5 Å². The van der Waals surface area contributed by atoms with E-state index in [2.05, 4.69) is 21.9 Å². The third-order valence-electron chi connectivity index (χ3n) is 4.35. The summed E-state index contributed by atoms with van der Waals surface area (Å²) in [4.78, 5) is 5.13. The number of anilines is 1. The third kappa shape index (κ3) is 2.59. The predicted molar refractivity (Wildman–Crippen MR) is 78.9 cm³/mol. The third-order valence-corrected chi connectivity index (χ3v) is 4.35. The largest absolute Gasteiger partial charge is 0.384 e. The van der Waals surface area contributed by atoms with Crippen LogP contribution in [-0.4, -0.2) is 43.0 Å². The van der Waals surface area contributed by atoms with E-state index in [0.717, 1.165) is 24.7 Å². The number of nitrogen functional groups attached to an aromatic ring is 1. The van der Waals surface area contributed by atoms with Gasteiger partial charge in [-0.05, 0) is 50.1 Å². The Balaban J connectivity index is 1.75. The Morgan fingerprint density at radius 2 is 1.84 bits per heavy atom. The molecule has 1 aromatic rings. The van der Waals surface area contributed by atoms with Crippen LogP contribution in [0.1, 0.15) is 24.8 Å². The van der Waals surface area contributed by atoms with E-state index in [-0.39, 0.29) is 5.84 Å². The quantitative estimate of drug-likeness (QED) is 0.626. The van der Waals surface area contributed by atoms with Crippen LogP contribution in [0.4, 0.5) is 5.69 Å². The van der Waals surface area contributed by atoms with Crippen LogP contribution in [0.5, 0.6) is 0 Å². The molecule has 2 fully saturated rings. The van der Waals surface area contributed by atoms with Crippen molar-refractivity contribution in [2.24, 2.45) is 5.73 Å². The van der Waals surface area contributed by atoms with Gasteiger partial charge in [-0.25, -0.2) is 0 Å². The van der Waals surface area contributed by atoms with Crippen molar-refractivity contribution in [3.05, 3.63) is 29.8 Å². The highest BCUT2D eigenvalue weighted by molar-refractivity contribution is 5.95. The molecule has 2 aliphatic rings. The first kappa shape index (κ1) is 12.5. The first-order valence-corrected chi connectivity index (χ1v) is 7.17. The Bertz CT molecular complexity index is 454. The van der Waals surface area contributed by atoms with E-state index in [1.165, 1.54) is 38.0 Å². The lowest BCUT2D eigenvalue weighted by molar-refractivity contribution is 0.273. The van der Waals surface area contributed by atoms with Gasteiger partial charge in [-0.1, -0.05) is 0 Å². The van der Waals surface area contributed by atoms with Gasteiger partial charge in [0.2, 0.25) is 0 Å². The Morgan fingerprint density at radius 3 is 2.58 bits per heavy atom. The van der Waals surface area contributed by atoms with Gasteiger partial charge in [-0.15, -0.1) is 0 Å². The molecule has 2 saturated heterocycles. The summed E-state index contributed by atoms with van der Waals surface area (Å²) in [6.45, 7) is 4.79. The molecule has 1 aromatic carbocycles. The van der Waals surface area contributed by atoms with Gasteiger partial charge in [0.25, 0.3) is 0 Å². The second-order valence-electron chi connectivity index (χ2n) is 5.59. The van der Waals surface area contributed by atoms with E-state index < -0.39 is 0 Å². The van der Waals surface area contributed by atoms with Gasteiger partial charge in [-0.2, -0.15) is 0 Å². The normalized spacial score (nSPS) is 24.0. The molecule has 1 unspecified atom stereocenters. The monoisotopic (exact) mass is 258 g/mol. The van der Waals surface area contributed by atoms with E-state index in [4.69, 9.17) is 11.1 Å². The fourth-order valence-electron chi connectivity index (χ4n) is 3.29. The summed E-state index contributed by atoms with van der Waals surface area (Å²) in [7, 11) is 0. The second kappa shape index (κ2) is 5.21. The summed E-state index contributed by atoms with van der Waals surface area (Å²) in [5, 5.41) is 7.44. The van der Waals surface area contributed by atoms with Crippen LogP contribution >= 0.6 is 0 Å². The van der Waals surface area contributed by atoms with Crippen molar-refractivity contribution < 1.29 is 0 Å². The minimum atomic E-state index is 0.143. The van der Waals surface area contributed by atoms with Crippen LogP contribution in [0.25, 0.3) is 0 Å². The molecule has 19 heavy (non-hydrogen) atoms. The minimum Gasteiger partial charge on any atom is -0.384 e. The number of fused-ring (bicyclic) bond motifs is 1. The van der Waals surface area contributed by atoms with Gasteiger partial charge < -0.3 is 10.6 Å². The van der Waals surface area contributed by atoms with Gasteiger partial charge in [0.1, 0.15) is 5.84 Å². The number of hydrogen-bond acceptors (Lipinski definition) is 3. The molecule has 0 aromatic heterocycles. The van der Waals surface area contributed by atoms with Crippen molar-refractivity contribution in [2.45, 2.75) is 25.3 Å². The van der Waals surface area contributed by atoms with Crippen molar-refractivity contribution in [2.75, 3.05) is 31.1 Å². The summed E-state index contributed by atoms with van der Waals surface area (Å²) >= 11 is 0.